The molecule has 2 nitrogen and oxygen atoms in total. The van der Waals surface area contributed by atoms with Gasteiger partial charge in [0.15, 0.2) is 0 Å². The van der Waals surface area contributed by atoms with Gasteiger partial charge >= 0.3 is 0 Å². The van der Waals surface area contributed by atoms with Crippen LogP contribution in [0.5, 0.6) is 5.75 Å². The zero-order chi connectivity index (χ0) is 14.5. The minimum Gasteiger partial charge on any atom is -0.493 e. The van der Waals surface area contributed by atoms with Crippen molar-refractivity contribution in [3.8, 4) is 5.75 Å². The first-order valence-corrected chi connectivity index (χ1v) is 8.07. The van der Waals surface area contributed by atoms with Crippen molar-refractivity contribution in [2.45, 2.75) is 26.3 Å². The van der Waals surface area contributed by atoms with Gasteiger partial charge in [0.05, 0.1) is 17.7 Å². The summed E-state index contributed by atoms with van der Waals surface area (Å²) in [4.78, 5) is 1.14. The number of halogens is 1. The molecule has 1 atom stereocenters. The standard InChI is InChI=1S/C16H20ClNOS/c1-4-9-19-13-8-6-5-7-12(13)15(18-3)16-14(17)11(2)10-20-16/h5-8,10,15,18H,4,9H2,1-3H3. The van der Waals surface area contributed by atoms with Crippen molar-refractivity contribution in [1.29, 1.82) is 0 Å². The zero-order valence-corrected chi connectivity index (χ0v) is 13.6. The van der Waals surface area contributed by atoms with Gasteiger partial charge in [-0.15, -0.1) is 11.3 Å². The molecule has 0 fully saturated rings. The fourth-order valence-electron chi connectivity index (χ4n) is 2.13. The fourth-order valence-corrected chi connectivity index (χ4v) is 3.56. The monoisotopic (exact) mass is 309 g/mol. The Bertz CT molecular complexity index is 567. The lowest BCUT2D eigenvalue weighted by Crippen LogP contribution is -2.18. The highest BCUT2D eigenvalue weighted by atomic mass is 35.5. The Morgan fingerprint density at radius 1 is 1.35 bits per heavy atom. The number of para-hydroxylation sites is 1. The van der Waals surface area contributed by atoms with E-state index in [9.17, 15) is 0 Å². The summed E-state index contributed by atoms with van der Waals surface area (Å²) in [6.07, 6.45) is 0.997. The number of hydrogen-bond acceptors (Lipinski definition) is 3. The SMILES string of the molecule is CCCOc1ccccc1C(NC)c1scc(C)c1Cl. The second-order valence-corrected chi connectivity index (χ2v) is 5.99. The zero-order valence-electron chi connectivity index (χ0n) is 12.1. The van der Waals surface area contributed by atoms with Crippen LogP contribution in [0, 0.1) is 6.92 Å². The number of benzene rings is 1. The largest absolute Gasteiger partial charge is 0.493 e. The molecule has 0 amide bonds. The smallest absolute Gasteiger partial charge is 0.124 e. The molecule has 1 heterocycles. The van der Waals surface area contributed by atoms with E-state index in [1.165, 1.54) is 0 Å². The molecule has 1 aromatic carbocycles. The van der Waals surface area contributed by atoms with Crippen molar-refractivity contribution in [2.24, 2.45) is 0 Å². The summed E-state index contributed by atoms with van der Waals surface area (Å²) in [7, 11) is 1.95. The van der Waals surface area contributed by atoms with E-state index in [-0.39, 0.29) is 6.04 Å². The van der Waals surface area contributed by atoms with Crippen LogP contribution in [-0.2, 0) is 0 Å². The van der Waals surface area contributed by atoms with Crippen molar-refractivity contribution >= 4 is 22.9 Å². The minimum atomic E-state index is 0.0641. The summed E-state index contributed by atoms with van der Waals surface area (Å²) in [6, 6.07) is 8.21. The molecule has 0 aliphatic carbocycles. The summed E-state index contributed by atoms with van der Waals surface area (Å²) in [5.41, 5.74) is 2.26. The van der Waals surface area contributed by atoms with Gasteiger partial charge in [0, 0.05) is 10.4 Å². The van der Waals surface area contributed by atoms with E-state index in [0.717, 1.165) is 39.8 Å². The molecule has 0 spiro atoms. The molecule has 0 aliphatic heterocycles. The van der Waals surface area contributed by atoms with Crippen molar-refractivity contribution in [2.75, 3.05) is 13.7 Å². The summed E-state index contributed by atoms with van der Waals surface area (Å²) in [5.74, 6) is 0.927. The Morgan fingerprint density at radius 2 is 2.10 bits per heavy atom. The second kappa shape index (κ2) is 7.11. The van der Waals surface area contributed by atoms with Gasteiger partial charge in [-0.05, 0) is 37.4 Å². The number of thiophene rings is 1. The molecular formula is C16H20ClNOS. The number of aryl methyl sites for hydroxylation is 1. The van der Waals surface area contributed by atoms with Gasteiger partial charge in [0.2, 0.25) is 0 Å². The van der Waals surface area contributed by atoms with Gasteiger partial charge in [-0.1, -0.05) is 36.7 Å². The van der Waals surface area contributed by atoms with Crippen molar-refractivity contribution < 1.29 is 4.74 Å². The molecule has 108 valence electrons. The third kappa shape index (κ3) is 3.17. The van der Waals surface area contributed by atoms with E-state index in [4.69, 9.17) is 16.3 Å². The van der Waals surface area contributed by atoms with Crippen LogP contribution in [-0.4, -0.2) is 13.7 Å². The molecule has 1 unspecified atom stereocenters. The molecule has 1 N–H and O–H groups in total. The predicted molar refractivity (Wildman–Crippen MR) is 87.2 cm³/mol. The molecule has 0 saturated heterocycles. The lowest BCUT2D eigenvalue weighted by molar-refractivity contribution is 0.312. The highest BCUT2D eigenvalue weighted by Crippen LogP contribution is 2.38. The van der Waals surface area contributed by atoms with Crippen molar-refractivity contribution in [1.82, 2.24) is 5.32 Å². The maximum atomic E-state index is 6.42. The van der Waals surface area contributed by atoms with Gasteiger partial charge in [0.1, 0.15) is 5.75 Å². The lowest BCUT2D eigenvalue weighted by atomic mass is 10.0. The van der Waals surface area contributed by atoms with Gasteiger partial charge in [-0.2, -0.15) is 0 Å². The summed E-state index contributed by atoms with van der Waals surface area (Å²) in [5, 5.41) is 6.29. The summed E-state index contributed by atoms with van der Waals surface area (Å²) >= 11 is 8.10. The Morgan fingerprint density at radius 3 is 2.70 bits per heavy atom. The average Bonchev–Trinajstić information content (AvgIpc) is 2.79. The summed E-state index contributed by atoms with van der Waals surface area (Å²) < 4.78 is 5.86. The summed E-state index contributed by atoms with van der Waals surface area (Å²) in [6.45, 7) is 4.87. The van der Waals surface area contributed by atoms with E-state index in [1.807, 2.05) is 32.2 Å². The first kappa shape index (κ1) is 15.4. The van der Waals surface area contributed by atoms with E-state index in [0.29, 0.717) is 0 Å². The Hall–Kier alpha value is -1.03. The molecule has 0 saturated carbocycles. The van der Waals surface area contributed by atoms with E-state index in [1.54, 1.807) is 11.3 Å². The predicted octanol–water partition coefficient (Wildman–Crippen LogP) is 4.81. The second-order valence-electron chi connectivity index (χ2n) is 4.70. The quantitative estimate of drug-likeness (QED) is 0.827. The molecule has 20 heavy (non-hydrogen) atoms. The van der Waals surface area contributed by atoms with Crippen LogP contribution in [0.1, 0.15) is 35.4 Å². The van der Waals surface area contributed by atoms with Crippen LogP contribution >= 0.6 is 22.9 Å². The van der Waals surface area contributed by atoms with Crippen molar-refractivity contribution in [3.05, 3.63) is 50.7 Å². The van der Waals surface area contributed by atoms with Crippen LogP contribution in [0.25, 0.3) is 0 Å². The number of nitrogens with one attached hydrogen (secondary N) is 1. The van der Waals surface area contributed by atoms with E-state index >= 15 is 0 Å². The van der Waals surface area contributed by atoms with Crippen LogP contribution in [0.3, 0.4) is 0 Å². The van der Waals surface area contributed by atoms with Gasteiger partial charge < -0.3 is 10.1 Å². The normalized spacial score (nSPS) is 12.4. The fraction of sp³-hybridized carbons (Fsp3) is 0.375. The van der Waals surface area contributed by atoms with Crippen LogP contribution in [0.15, 0.2) is 29.6 Å². The average molecular weight is 310 g/mol. The highest BCUT2D eigenvalue weighted by Gasteiger charge is 2.21. The van der Waals surface area contributed by atoms with E-state index in [2.05, 4.69) is 23.7 Å². The number of hydrogen-bond donors (Lipinski definition) is 1. The number of ether oxygens (including phenoxy) is 1. The van der Waals surface area contributed by atoms with Crippen LogP contribution in [0.4, 0.5) is 0 Å². The van der Waals surface area contributed by atoms with Crippen molar-refractivity contribution in [3.63, 3.8) is 0 Å². The first-order chi connectivity index (χ1) is 9.69. The van der Waals surface area contributed by atoms with Gasteiger partial charge in [0.25, 0.3) is 0 Å². The maximum absolute atomic E-state index is 6.42. The molecule has 0 bridgehead atoms. The Kier molecular flexibility index (Phi) is 5.46. The van der Waals surface area contributed by atoms with Gasteiger partial charge in [-0.3, -0.25) is 0 Å². The maximum Gasteiger partial charge on any atom is 0.124 e. The van der Waals surface area contributed by atoms with Crippen LogP contribution < -0.4 is 10.1 Å². The topological polar surface area (TPSA) is 21.3 Å². The van der Waals surface area contributed by atoms with E-state index < -0.39 is 0 Å². The first-order valence-electron chi connectivity index (χ1n) is 6.81. The Balaban J connectivity index is 2.39. The van der Waals surface area contributed by atoms with Gasteiger partial charge in [-0.25, -0.2) is 0 Å². The minimum absolute atomic E-state index is 0.0641. The molecule has 0 radical (unpaired) electrons. The molecule has 2 aromatic rings. The Labute approximate surface area is 129 Å². The lowest BCUT2D eigenvalue weighted by Gasteiger charge is -2.19. The molecular weight excluding hydrogens is 290 g/mol. The molecule has 1 aromatic heterocycles. The highest BCUT2D eigenvalue weighted by molar-refractivity contribution is 7.10. The van der Waals surface area contributed by atoms with Crippen LogP contribution in [0.2, 0.25) is 5.02 Å². The molecule has 4 heteroatoms. The third-order valence-corrected chi connectivity index (χ3v) is 4.95. The molecule has 2 rings (SSSR count). The molecule has 0 aliphatic rings. The third-order valence-electron chi connectivity index (χ3n) is 3.17. The number of rotatable bonds is 6.